The topological polar surface area (TPSA) is 154 Å². The molecule has 0 fully saturated rings. The highest BCUT2D eigenvalue weighted by molar-refractivity contribution is 5.91. The predicted molar refractivity (Wildman–Crippen MR) is 63.2 cm³/mol. The Morgan fingerprint density at radius 1 is 1.00 bits per heavy atom. The number of hydrogen-bond acceptors (Lipinski definition) is 9. The average molecular weight is 294 g/mol. The van der Waals surface area contributed by atoms with Crippen molar-refractivity contribution in [3.05, 3.63) is 12.2 Å². The smallest absolute Gasteiger partial charge is 0.331 e. The summed E-state index contributed by atoms with van der Waals surface area (Å²) in [5.74, 6) is -1.75. The van der Waals surface area contributed by atoms with Crippen molar-refractivity contribution in [2.45, 2.75) is 24.4 Å². The van der Waals surface area contributed by atoms with Crippen molar-refractivity contribution < 1.29 is 44.6 Å². The van der Waals surface area contributed by atoms with Gasteiger partial charge in [0.2, 0.25) is 0 Å². The predicted octanol–water partition coefficient (Wildman–Crippen LogP) is -3.31. The van der Waals surface area contributed by atoms with E-state index in [0.717, 1.165) is 19.3 Å². The summed E-state index contributed by atoms with van der Waals surface area (Å²) in [7, 11) is 1.12. The van der Waals surface area contributed by atoms with E-state index < -0.39 is 49.6 Å². The molecule has 0 aliphatic heterocycles. The van der Waals surface area contributed by atoms with Gasteiger partial charge < -0.3 is 35.0 Å². The van der Waals surface area contributed by atoms with Gasteiger partial charge in [-0.3, -0.25) is 0 Å². The minimum absolute atomic E-state index is 0.680. The zero-order valence-electron chi connectivity index (χ0n) is 10.7. The van der Waals surface area contributed by atoms with Crippen LogP contribution in [0, 0.1) is 0 Å². The first-order valence-electron chi connectivity index (χ1n) is 5.59. The molecule has 0 saturated heterocycles. The van der Waals surface area contributed by atoms with Crippen LogP contribution in [0.3, 0.4) is 0 Å². The van der Waals surface area contributed by atoms with Crippen LogP contribution in [-0.4, -0.2) is 82.2 Å². The quantitative estimate of drug-likeness (QED) is 0.229. The number of aliphatic hydroxyl groups excluding tert-OH is 5. The molecule has 0 aliphatic carbocycles. The summed E-state index contributed by atoms with van der Waals surface area (Å²) in [6.07, 6.45) is -5.40. The van der Waals surface area contributed by atoms with Crippen molar-refractivity contribution in [1.29, 1.82) is 0 Å². The van der Waals surface area contributed by atoms with Crippen LogP contribution in [0.25, 0.3) is 0 Å². The first kappa shape index (κ1) is 18.5. The summed E-state index contributed by atoms with van der Waals surface area (Å²) in [6.45, 7) is -1.49. The van der Waals surface area contributed by atoms with Gasteiger partial charge in [0.05, 0.1) is 13.7 Å². The van der Waals surface area contributed by atoms with Crippen molar-refractivity contribution in [3.8, 4) is 0 Å². The van der Waals surface area contributed by atoms with Gasteiger partial charge >= 0.3 is 11.9 Å². The van der Waals surface area contributed by atoms with E-state index in [1.165, 1.54) is 0 Å². The fraction of sp³-hybridized carbons (Fsp3) is 0.636. The molecule has 0 rings (SSSR count). The highest BCUT2D eigenvalue weighted by atomic mass is 16.5. The lowest BCUT2D eigenvalue weighted by molar-refractivity contribution is -0.151. The third kappa shape index (κ3) is 6.59. The van der Waals surface area contributed by atoms with Crippen LogP contribution in [0.4, 0.5) is 0 Å². The Bertz CT molecular complexity index is 341. The maximum atomic E-state index is 11.1. The van der Waals surface area contributed by atoms with Gasteiger partial charge in [0.15, 0.2) is 0 Å². The molecule has 0 heterocycles. The van der Waals surface area contributed by atoms with Crippen LogP contribution in [0.2, 0.25) is 0 Å². The van der Waals surface area contributed by atoms with Gasteiger partial charge in [0.25, 0.3) is 0 Å². The molecule has 20 heavy (non-hydrogen) atoms. The summed E-state index contributed by atoms with van der Waals surface area (Å²) in [4.78, 5) is 21.8. The van der Waals surface area contributed by atoms with Gasteiger partial charge in [-0.15, -0.1) is 0 Å². The molecule has 0 bridgehead atoms. The molecule has 9 nitrogen and oxygen atoms in total. The summed E-state index contributed by atoms with van der Waals surface area (Å²) in [5, 5.41) is 45.7. The van der Waals surface area contributed by atoms with Crippen LogP contribution in [0.15, 0.2) is 12.2 Å². The number of rotatable bonds is 8. The van der Waals surface area contributed by atoms with E-state index >= 15 is 0 Å². The lowest BCUT2D eigenvalue weighted by atomic mass is 10.0. The molecule has 0 spiro atoms. The normalized spacial score (nSPS) is 17.3. The molecule has 5 N–H and O–H groups in total. The van der Waals surface area contributed by atoms with E-state index in [-0.39, 0.29) is 0 Å². The lowest BCUT2D eigenvalue weighted by Gasteiger charge is -2.25. The molecule has 116 valence electrons. The first-order valence-corrected chi connectivity index (χ1v) is 5.59. The molecule has 0 aromatic carbocycles. The zero-order chi connectivity index (χ0) is 15.7. The molecule has 9 heteroatoms. The summed E-state index contributed by atoms with van der Waals surface area (Å²) in [6, 6.07) is 0. The van der Waals surface area contributed by atoms with Gasteiger partial charge in [-0.05, 0) is 0 Å². The van der Waals surface area contributed by atoms with Gasteiger partial charge in [-0.1, -0.05) is 0 Å². The molecule has 0 unspecified atom stereocenters. The standard InChI is InChI=1S/C11H18O9/c1-19-8(15)2-3-9(16)20-5-7(14)11(18)10(17)6(13)4-12/h2-3,6-7,10-14,17-18H,4-5H2,1H3/b3-2+/t6-,7-,10-,11-/m1/s1. The molecule has 0 saturated carbocycles. The van der Waals surface area contributed by atoms with Crippen LogP contribution in [0.1, 0.15) is 0 Å². The molecule has 0 amide bonds. The maximum absolute atomic E-state index is 11.1. The zero-order valence-corrected chi connectivity index (χ0v) is 10.7. The minimum atomic E-state index is -1.82. The molecule has 0 radical (unpaired) electrons. The first-order chi connectivity index (χ1) is 9.33. The van der Waals surface area contributed by atoms with Crippen molar-refractivity contribution in [2.75, 3.05) is 20.3 Å². The molecule has 0 aromatic rings. The van der Waals surface area contributed by atoms with Crippen LogP contribution in [0.5, 0.6) is 0 Å². The molecule has 0 aromatic heterocycles. The van der Waals surface area contributed by atoms with E-state index in [9.17, 15) is 24.9 Å². The number of carbonyl (C=O) groups is 2. The Hall–Kier alpha value is -1.52. The highest BCUT2D eigenvalue weighted by Crippen LogP contribution is 2.05. The second kappa shape index (κ2) is 9.39. The fourth-order valence-electron chi connectivity index (χ4n) is 1.08. The van der Waals surface area contributed by atoms with Crippen molar-refractivity contribution >= 4 is 11.9 Å². The van der Waals surface area contributed by atoms with Gasteiger partial charge in [-0.2, -0.15) is 0 Å². The SMILES string of the molecule is COC(=O)/C=C/C(=O)OC[C@@H](O)[C@@H](O)[C@H](O)[C@H](O)CO. The Balaban J connectivity index is 4.21. The number of ether oxygens (including phenoxy) is 2. The Morgan fingerprint density at radius 3 is 2.00 bits per heavy atom. The van der Waals surface area contributed by atoms with Crippen LogP contribution >= 0.6 is 0 Å². The summed E-state index contributed by atoms with van der Waals surface area (Å²) < 4.78 is 8.71. The maximum Gasteiger partial charge on any atom is 0.331 e. The van der Waals surface area contributed by atoms with Crippen LogP contribution in [-0.2, 0) is 19.1 Å². The monoisotopic (exact) mass is 294 g/mol. The molecular formula is C11H18O9. The number of aliphatic hydroxyl groups is 5. The molecular weight excluding hydrogens is 276 g/mol. The number of methoxy groups -OCH3 is 1. The molecule has 0 aliphatic rings. The number of carbonyl (C=O) groups excluding carboxylic acids is 2. The van der Waals surface area contributed by atoms with E-state index in [1.807, 2.05) is 0 Å². The van der Waals surface area contributed by atoms with Gasteiger partial charge in [0, 0.05) is 12.2 Å². The van der Waals surface area contributed by atoms with E-state index in [4.69, 9.17) is 10.2 Å². The van der Waals surface area contributed by atoms with Crippen molar-refractivity contribution in [3.63, 3.8) is 0 Å². The number of esters is 2. The number of hydrogen-bond donors (Lipinski definition) is 5. The van der Waals surface area contributed by atoms with Crippen molar-refractivity contribution in [1.82, 2.24) is 0 Å². The Morgan fingerprint density at radius 2 is 1.50 bits per heavy atom. The second-order valence-electron chi connectivity index (χ2n) is 3.78. The third-order valence-electron chi connectivity index (χ3n) is 2.28. The van der Waals surface area contributed by atoms with Crippen LogP contribution < -0.4 is 0 Å². The average Bonchev–Trinajstić information content (AvgIpc) is 2.47. The summed E-state index contributed by atoms with van der Waals surface area (Å²) in [5.41, 5.74) is 0. The van der Waals surface area contributed by atoms with E-state index in [0.29, 0.717) is 0 Å². The lowest BCUT2D eigenvalue weighted by Crippen LogP contribution is -2.47. The second-order valence-corrected chi connectivity index (χ2v) is 3.78. The van der Waals surface area contributed by atoms with E-state index in [2.05, 4.69) is 9.47 Å². The van der Waals surface area contributed by atoms with Gasteiger partial charge in [0.1, 0.15) is 31.0 Å². The largest absolute Gasteiger partial charge is 0.466 e. The minimum Gasteiger partial charge on any atom is -0.466 e. The Labute approximate surface area is 114 Å². The van der Waals surface area contributed by atoms with Gasteiger partial charge in [-0.25, -0.2) is 9.59 Å². The van der Waals surface area contributed by atoms with Crippen molar-refractivity contribution in [2.24, 2.45) is 0 Å². The Kier molecular flexibility index (Phi) is 8.68. The third-order valence-corrected chi connectivity index (χ3v) is 2.28. The molecule has 4 atom stereocenters. The summed E-state index contributed by atoms with van der Waals surface area (Å²) >= 11 is 0. The fourth-order valence-corrected chi connectivity index (χ4v) is 1.08. The highest BCUT2D eigenvalue weighted by Gasteiger charge is 2.30. The van der Waals surface area contributed by atoms with E-state index in [1.54, 1.807) is 0 Å².